The summed E-state index contributed by atoms with van der Waals surface area (Å²) < 4.78 is 140. The highest BCUT2D eigenvalue weighted by atomic mass is 16.3. The number of hydrogen-bond donors (Lipinski definition) is 1. The Morgan fingerprint density at radius 1 is 0.552 bits per heavy atom. The number of fused-ring (bicyclic) bond motifs is 1. The number of aromatic hydroxyl groups is 1. The largest absolute Gasteiger partial charge is 0.507 e. The van der Waals surface area contributed by atoms with E-state index in [2.05, 4.69) is 44.0 Å². The topological polar surface area (TPSA) is 50.9 Å². The molecule has 0 spiro atoms. The molecule has 290 valence electrons. The Morgan fingerprint density at radius 3 is 1.95 bits per heavy atom. The lowest BCUT2D eigenvalue weighted by molar-refractivity contribution is 0.477. The second kappa shape index (κ2) is 14.6. The van der Waals surface area contributed by atoms with Crippen LogP contribution in [0, 0.1) is 0 Å². The van der Waals surface area contributed by atoms with Crippen molar-refractivity contribution in [2.75, 3.05) is 0 Å². The van der Waals surface area contributed by atoms with Gasteiger partial charge in [-0.15, -0.1) is 0 Å². The molecule has 58 heavy (non-hydrogen) atoms. The van der Waals surface area contributed by atoms with Gasteiger partial charge in [-0.2, -0.15) is 0 Å². The Morgan fingerprint density at radius 2 is 1.24 bits per heavy atom. The summed E-state index contributed by atoms with van der Waals surface area (Å²) in [5, 5.41) is 11.4. The molecule has 0 amide bonds. The van der Waals surface area contributed by atoms with Gasteiger partial charge in [-0.25, -0.2) is 4.98 Å². The highest BCUT2D eigenvalue weighted by Crippen LogP contribution is 2.42. The SMILES string of the molecule is [2H]c1nc(-c2cc(-c3cccc4c3nc(-c3ccccc3O)n4-c3ccc(C(C)(C)C)cc3-c3ccccc3)cc(C(C)(C)C)c2)c([2H])c(-c2c([2H])c([2H])c(C(C([2H])([2H])[2H])(C([2H])([2H])[2H])C([2H])([2H])[2H])c([2H])c2[2H])c1[2H]. The predicted octanol–water partition coefficient (Wildman–Crippen LogP) is 14.4. The van der Waals surface area contributed by atoms with Crippen molar-refractivity contribution in [1.82, 2.24) is 14.5 Å². The van der Waals surface area contributed by atoms with Crippen molar-refractivity contribution in [2.24, 2.45) is 0 Å². The van der Waals surface area contributed by atoms with Crippen LogP contribution in [-0.2, 0) is 16.2 Å². The van der Waals surface area contributed by atoms with Crippen LogP contribution in [-0.4, -0.2) is 19.6 Å². The van der Waals surface area contributed by atoms with E-state index in [0.717, 1.165) is 27.9 Å². The molecule has 0 radical (unpaired) electrons. The van der Waals surface area contributed by atoms with Crippen LogP contribution in [0.4, 0.5) is 0 Å². The van der Waals surface area contributed by atoms with E-state index >= 15 is 0 Å². The first-order valence-corrected chi connectivity index (χ1v) is 19.0. The standard InChI is InChI=1S/C54H53N3O/c1-52(2,3)40-24-22-35(23-25-40)37-28-29-55-46(33-37)39-30-38(31-42(32-39)54(7,8)9)43-19-15-20-48-50(43)56-51(44-18-13-14-21-49(44)58)57(48)47-27-26-41(53(4,5)6)34-45(47)36-16-11-10-12-17-36/h10-34,58H,1-9H3/i1D3,2D3,3D3,22D,23D,24D,25D,28D,29D,33D. The number of hydrogen-bond acceptors (Lipinski definition) is 3. The zero-order valence-corrected chi connectivity index (χ0v) is 33.2. The number of aromatic nitrogens is 3. The first-order valence-electron chi connectivity index (χ1n) is 27.0. The molecular weight excluding hydrogens is 707 g/mol. The van der Waals surface area contributed by atoms with Crippen LogP contribution in [0.25, 0.3) is 72.7 Å². The van der Waals surface area contributed by atoms with Gasteiger partial charge in [0.2, 0.25) is 0 Å². The van der Waals surface area contributed by atoms with E-state index in [1.807, 2.05) is 86.0 Å². The summed E-state index contributed by atoms with van der Waals surface area (Å²) in [6.07, 6.45) is -0.726. The quantitative estimate of drug-likeness (QED) is 0.183. The van der Waals surface area contributed by atoms with Crippen LogP contribution < -0.4 is 0 Å². The summed E-state index contributed by atoms with van der Waals surface area (Å²) in [7, 11) is 0. The molecule has 2 aromatic heterocycles. The Kier molecular flexibility index (Phi) is 6.00. The summed E-state index contributed by atoms with van der Waals surface area (Å²) >= 11 is 0. The van der Waals surface area contributed by atoms with Crippen molar-refractivity contribution in [3.63, 3.8) is 0 Å². The number of phenols is 1. The number of rotatable bonds is 6. The summed E-state index contributed by atoms with van der Waals surface area (Å²) in [6.45, 7) is 0.614. The van der Waals surface area contributed by atoms with E-state index in [1.165, 1.54) is 0 Å². The molecule has 0 bridgehead atoms. The normalized spacial score (nSPS) is 16.9. The highest BCUT2D eigenvalue weighted by Gasteiger charge is 2.25. The monoisotopic (exact) mass is 776 g/mol. The number of phenolic OH excluding ortho intramolecular Hbond substituents is 1. The van der Waals surface area contributed by atoms with E-state index in [9.17, 15) is 6.48 Å². The Hall–Kier alpha value is -6.26. The molecule has 8 aromatic rings. The summed E-state index contributed by atoms with van der Waals surface area (Å²) in [5.74, 6) is 0.453. The lowest BCUT2D eigenvalue weighted by Crippen LogP contribution is -2.12. The van der Waals surface area contributed by atoms with Gasteiger partial charge in [0.15, 0.2) is 0 Å². The van der Waals surface area contributed by atoms with E-state index < -0.39 is 90.5 Å². The van der Waals surface area contributed by atoms with Crippen LogP contribution in [0.15, 0.2) is 152 Å². The van der Waals surface area contributed by atoms with Crippen molar-refractivity contribution in [2.45, 2.75) is 78.3 Å². The van der Waals surface area contributed by atoms with Crippen molar-refractivity contribution in [3.05, 3.63) is 168 Å². The number of para-hydroxylation sites is 2. The first-order chi connectivity index (χ1) is 34.2. The molecule has 4 heteroatoms. The highest BCUT2D eigenvalue weighted by molar-refractivity contribution is 5.97. The third-order valence-corrected chi connectivity index (χ3v) is 10.2. The van der Waals surface area contributed by atoms with Gasteiger partial charge in [-0.1, -0.05) is 153 Å². The van der Waals surface area contributed by atoms with Crippen molar-refractivity contribution in [1.29, 1.82) is 0 Å². The van der Waals surface area contributed by atoms with Crippen molar-refractivity contribution >= 4 is 11.0 Å². The van der Waals surface area contributed by atoms with Crippen molar-refractivity contribution < 1.29 is 27.0 Å². The average Bonchev–Trinajstić information content (AvgIpc) is 3.69. The van der Waals surface area contributed by atoms with Gasteiger partial charge in [0.05, 0.1) is 37.6 Å². The lowest BCUT2D eigenvalue weighted by atomic mass is 9.83. The third-order valence-electron chi connectivity index (χ3n) is 10.2. The van der Waals surface area contributed by atoms with E-state index in [1.54, 1.807) is 30.3 Å². The smallest absolute Gasteiger partial charge is 0.149 e. The maximum Gasteiger partial charge on any atom is 0.149 e. The minimum Gasteiger partial charge on any atom is -0.507 e. The fourth-order valence-electron chi connectivity index (χ4n) is 7.02. The molecule has 0 fully saturated rings. The summed E-state index contributed by atoms with van der Waals surface area (Å²) in [5.41, 5.74) is 0.0821. The van der Waals surface area contributed by atoms with E-state index in [0.29, 0.717) is 33.5 Å². The number of imidazole rings is 1. The van der Waals surface area contributed by atoms with Crippen LogP contribution in [0.1, 0.15) is 101 Å². The average molecular weight is 776 g/mol. The Balaban J connectivity index is 1.41. The Bertz CT molecular complexity index is 3460. The molecule has 0 aliphatic rings. The van der Waals surface area contributed by atoms with Gasteiger partial charge in [0, 0.05) is 35.2 Å². The number of nitrogens with zero attached hydrogens (tertiary/aromatic N) is 3. The molecule has 4 nitrogen and oxygen atoms in total. The molecular formula is C54H53N3O. The van der Waals surface area contributed by atoms with Gasteiger partial charge < -0.3 is 5.11 Å². The molecule has 1 N–H and O–H groups in total. The van der Waals surface area contributed by atoms with Crippen LogP contribution in [0.5, 0.6) is 5.75 Å². The van der Waals surface area contributed by atoms with Crippen LogP contribution in [0.3, 0.4) is 0 Å². The van der Waals surface area contributed by atoms with Gasteiger partial charge in [-0.05, 0) is 110 Å². The van der Waals surface area contributed by atoms with Gasteiger partial charge >= 0.3 is 0 Å². The van der Waals surface area contributed by atoms with Gasteiger partial charge in [0.25, 0.3) is 0 Å². The zero-order chi connectivity index (χ0) is 54.6. The van der Waals surface area contributed by atoms with Gasteiger partial charge in [-0.3, -0.25) is 9.55 Å². The predicted molar refractivity (Wildman–Crippen MR) is 244 cm³/mol. The van der Waals surface area contributed by atoms with E-state index in [4.69, 9.17) is 25.5 Å². The van der Waals surface area contributed by atoms with Gasteiger partial charge in [0.1, 0.15) is 11.6 Å². The lowest BCUT2D eigenvalue weighted by Gasteiger charge is -2.23. The molecule has 0 aliphatic heterocycles. The first kappa shape index (κ1) is 23.8. The molecule has 0 unspecified atom stereocenters. The van der Waals surface area contributed by atoms with E-state index in [-0.39, 0.29) is 22.4 Å². The molecule has 0 saturated carbocycles. The molecule has 6 aromatic carbocycles. The summed E-state index contributed by atoms with van der Waals surface area (Å²) in [6, 6.07) is 28.1. The number of pyridine rings is 1. The molecule has 0 saturated heterocycles. The minimum absolute atomic E-state index is 0.00614. The second-order valence-corrected chi connectivity index (χ2v) is 16.6. The Labute approximate surface area is 366 Å². The molecule has 2 heterocycles. The maximum atomic E-state index is 11.4. The fraction of sp³-hybridized carbons (Fsp3) is 0.222. The minimum atomic E-state index is -3.92. The fourth-order valence-corrected chi connectivity index (χ4v) is 7.02. The zero-order valence-electron chi connectivity index (χ0n) is 49.2. The van der Waals surface area contributed by atoms with Crippen molar-refractivity contribution in [3.8, 4) is 67.5 Å². The van der Waals surface area contributed by atoms with Crippen LogP contribution >= 0.6 is 0 Å². The third kappa shape index (κ3) is 7.47. The molecule has 0 atom stereocenters. The number of benzene rings is 6. The second-order valence-electron chi connectivity index (χ2n) is 16.6. The molecule has 0 aliphatic carbocycles. The summed E-state index contributed by atoms with van der Waals surface area (Å²) in [4.78, 5) is 9.69. The molecule has 8 rings (SSSR count). The maximum absolute atomic E-state index is 11.4. The van der Waals surface area contributed by atoms with Crippen LogP contribution in [0.2, 0.25) is 0 Å².